The summed E-state index contributed by atoms with van der Waals surface area (Å²) in [6.07, 6.45) is 5.61. The van der Waals surface area contributed by atoms with Crippen molar-refractivity contribution in [3.63, 3.8) is 0 Å². The molecule has 0 spiro atoms. The van der Waals surface area contributed by atoms with Gasteiger partial charge in [-0.25, -0.2) is 9.97 Å². The lowest BCUT2D eigenvalue weighted by Gasteiger charge is -2.19. The molecule has 0 N–H and O–H groups in total. The number of rotatable bonds is 4. The van der Waals surface area contributed by atoms with Crippen LogP contribution in [-0.2, 0) is 0 Å². The summed E-state index contributed by atoms with van der Waals surface area (Å²) in [5.74, 6) is 0. The van der Waals surface area contributed by atoms with E-state index in [1.165, 1.54) is 11.8 Å². The van der Waals surface area contributed by atoms with E-state index in [1.54, 1.807) is 6.07 Å². The summed E-state index contributed by atoms with van der Waals surface area (Å²) in [5, 5.41) is 1.67. The molecule has 0 aliphatic carbocycles. The smallest absolute Gasteiger partial charge is 0.252 e. The number of hydrogen-bond donors (Lipinski definition) is 0. The minimum absolute atomic E-state index is 0.0319. The SMILES string of the molecule is CCC(CC)n1c(=O)cc(C)c2cnc(SC)nc21. The van der Waals surface area contributed by atoms with Crippen molar-refractivity contribution in [3.05, 3.63) is 28.2 Å². The van der Waals surface area contributed by atoms with Crippen molar-refractivity contribution in [3.8, 4) is 0 Å². The van der Waals surface area contributed by atoms with E-state index in [0.29, 0.717) is 5.16 Å². The molecule has 0 atom stereocenters. The van der Waals surface area contributed by atoms with Gasteiger partial charge < -0.3 is 0 Å². The van der Waals surface area contributed by atoms with Crippen molar-refractivity contribution in [2.75, 3.05) is 6.26 Å². The average Bonchev–Trinajstić information content (AvgIpc) is 2.42. The van der Waals surface area contributed by atoms with Gasteiger partial charge in [-0.1, -0.05) is 25.6 Å². The molecule has 0 aliphatic rings. The topological polar surface area (TPSA) is 47.8 Å². The monoisotopic (exact) mass is 277 g/mol. The Labute approximate surface area is 117 Å². The van der Waals surface area contributed by atoms with Crippen LogP contribution >= 0.6 is 11.8 Å². The molecular weight excluding hydrogens is 258 g/mol. The van der Waals surface area contributed by atoms with Crippen LogP contribution in [0.4, 0.5) is 0 Å². The van der Waals surface area contributed by atoms with Gasteiger partial charge in [-0.15, -0.1) is 0 Å². The molecule has 19 heavy (non-hydrogen) atoms. The van der Waals surface area contributed by atoms with Crippen molar-refractivity contribution >= 4 is 22.8 Å². The van der Waals surface area contributed by atoms with E-state index in [9.17, 15) is 4.79 Å². The maximum atomic E-state index is 12.3. The first kappa shape index (κ1) is 14.1. The zero-order valence-electron chi connectivity index (χ0n) is 11.8. The molecule has 5 heteroatoms. The van der Waals surface area contributed by atoms with Crippen LogP contribution in [0, 0.1) is 6.92 Å². The number of nitrogens with zero attached hydrogens (tertiary/aromatic N) is 3. The van der Waals surface area contributed by atoms with E-state index in [0.717, 1.165) is 29.4 Å². The molecule has 2 heterocycles. The zero-order valence-corrected chi connectivity index (χ0v) is 12.6. The number of aryl methyl sites for hydroxylation is 1. The number of fused-ring (bicyclic) bond motifs is 1. The largest absolute Gasteiger partial charge is 0.289 e. The van der Waals surface area contributed by atoms with Gasteiger partial charge in [0.2, 0.25) is 0 Å². The number of aromatic nitrogens is 3. The maximum absolute atomic E-state index is 12.3. The number of hydrogen-bond acceptors (Lipinski definition) is 4. The molecule has 0 amide bonds. The van der Waals surface area contributed by atoms with Crippen LogP contribution in [0.5, 0.6) is 0 Å². The molecule has 0 aliphatic heterocycles. The van der Waals surface area contributed by atoms with E-state index < -0.39 is 0 Å². The van der Waals surface area contributed by atoms with Crippen LogP contribution in [0.25, 0.3) is 11.0 Å². The minimum Gasteiger partial charge on any atom is -0.289 e. The van der Waals surface area contributed by atoms with Crippen molar-refractivity contribution in [1.29, 1.82) is 0 Å². The highest BCUT2D eigenvalue weighted by Crippen LogP contribution is 2.22. The van der Waals surface area contributed by atoms with Gasteiger partial charge in [-0.2, -0.15) is 0 Å². The fraction of sp³-hybridized carbons (Fsp3) is 0.500. The first-order valence-electron chi connectivity index (χ1n) is 6.55. The van der Waals surface area contributed by atoms with Gasteiger partial charge in [0.1, 0.15) is 5.65 Å². The van der Waals surface area contributed by atoms with Gasteiger partial charge in [0, 0.05) is 23.7 Å². The van der Waals surface area contributed by atoms with Gasteiger partial charge >= 0.3 is 0 Å². The molecule has 0 fully saturated rings. The highest BCUT2D eigenvalue weighted by molar-refractivity contribution is 7.98. The fourth-order valence-electron chi connectivity index (χ4n) is 2.36. The first-order valence-corrected chi connectivity index (χ1v) is 7.77. The normalized spacial score (nSPS) is 11.4. The Balaban J connectivity index is 2.83. The maximum Gasteiger partial charge on any atom is 0.252 e. The molecule has 0 bridgehead atoms. The molecule has 2 aromatic rings. The summed E-state index contributed by atoms with van der Waals surface area (Å²) in [7, 11) is 0. The zero-order chi connectivity index (χ0) is 14.0. The average molecular weight is 277 g/mol. The summed E-state index contributed by atoms with van der Waals surface area (Å²) in [6, 6.07) is 1.88. The van der Waals surface area contributed by atoms with Crippen LogP contribution in [0.2, 0.25) is 0 Å². The third kappa shape index (κ3) is 2.52. The van der Waals surface area contributed by atoms with Crippen molar-refractivity contribution in [2.45, 2.75) is 44.8 Å². The lowest BCUT2D eigenvalue weighted by atomic mass is 10.1. The third-order valence-corrected chi connectivity index (χ3v) is 4.03. The predicted octanol–water partition coefficient (Wildman–Crippen LogP) is 3.18. The van der Waals surface area contributed by atoms with Gasteiger partial charge in [0.25, 0.3) is 5.56 Å². The Hall–Kier alpha value is -1.36. The first-order chi connectivity index (χ1) is 9.12. The molecular formula is C14H19N3OS. The Morgan fingerprint density at radius 1 is 1.37 bits per heavy atom. The summed E-state index contributed by atoms with van der Waals surface area (Å²) >= 11 is 1.49. The Bertz CT molecular complexity index is 647. The third-order valence-electron chi connectivity index (χ3n) is 3.47. The van der Waals surface area contributed by atoms with E-state index in [4.69, 9.17) is 0 Å². The van der Waals surface area contributed by atoms with Crippen molar-refractivity contribution < 1.29 is 0 Å². The summed E-state index contributed by atoms with van der Waals surface area (Å²) < 4.78 is 1.82. The molecule has 4 nitrogen and oxygen atoms in total. The molecule has 2 aromatic heterocycles. The minimum atomic E-state index is 0.0319. The van der Waals surface area contributed by atoms with Crippen LogP contribution in [0.15, 0.2) is 22.2 Å². The number of thioether (sulfide) groups is 1. The standard InChI is InChI=1S/C14H19N3OS/c1-5-10(6-2)17-12(18)7-9(3)11-8-15-14(19-4)16-13(11)17/h7-8,10H,5-6H2,1-4H3. The predicted molar refractivity (Wildman–Crippen MR) is 79.9 cm³/mol. The lowest BCUT2D eigenvalue weighted by Crippen LogP contribution is -2.25. The van der Waals surface area contributed by atoms with E-state index in [1.807, 2.05) is 23.9 Å². The Morgan fingerprint density at radius 2 is 2.05 bits per heavy atom. The van der Waals surface area contributed by atoms with E-state index >= 15 is 0 Å². The highest BCUT2D eigenvalue weighted by Gasteiger charge is 2.15. The second kappa shape index (κ2) is 5.74. The van der Waals surface area contributed by atoms with E-state index in [2.05, 4.69) is 23.8 Å². The molecule has 102 valence electrons. The molecule has 0 saturated carbocycles. The van der Waals surface area contributed by atoms with Crippen molar-refractivity contribution in [1.82, 2.24) is 14.5 Å². The quantitative estimate of drug-likeness (QED) is 0.636. The second-order valence-corrected chi connectivity index (χ2v) is 5.37. The van der Waals surface area contributed by atoms with Gasteiger partial charge in [0.15, 0.2) is 5.16 Å². The summed E-state index contributed by atoms with van der Waals surface area (Å²) in [4.78, 5) is 21.2. The van der Waals surface area contributed by atoms with Crippen LogP contribution in [-0.4, -0.2) is 20.8 Å². The fourth-order valence-corrected chi connectivity index (χ4v) is 2.70. The van der Waals surface area contributed by atoms with Crippen molar-refractivity contribution in [2.24, 2.45) is 0 Å². The van der Waals surface area contributed by atoms with Crippen LogP contribution < -0.4 is 5.56 Å². The Morgan fingerprint density at radius 3 is 2.63 bits per heavy atom. The lowest BCUT2D eigenvalue weighted by molar-refractivity contribution is 0.468. The van der Waals surface area contributed by atoms with Gasteiger partial charge in [-0.05, 0) is 31.6 Å². The van der Waals surface area contributed by atoms with Crippen LogP contribution in [0.3, 0.4) is 0 Å². The summed E-state index contributed by atoms with van der Waals surface area (Å²) in [5.41, 5.74) is 1.73. The van der Waals surface area contributed by atoms with Gasteiger partial charge in [-0.3, -0.25) is 9.36 Å². The molecule has 0 saturated heterocycles. The molecule has 2 rings (SSSR count). The second-order valence-electron chi connectivity index (χ2n) is 4.60. The van der Waals surface area contributed by atoms with Crippen LogP contribution in [0.1, 0.15) is 38.3 Å². The summed E-state index contributed by atoms with van der Waals surface area (Å²) in [6.45, 7) is 6.13. The molecule has 0 aromatic carbocycles. The molecule has 0 unspecified atom stereocenters. The molecule has 0 radical (unpaired) electrons. The van der Waals surface area contributed by atoms with E-state index in [-0.39, 0.29) is 11.6 Å². The number of pyridine rings is 1. The highest BCUT2D eigenvalue weighted by atomic mass is 32.2. The Kier molecular flexibility index (Phi) is 4.24. The van der Waals surface area contributed by atoms with Gasteiger partial charge in [0.05, 0.1) is 0 Å².